The van der Waals surface area contributed by atoms with E-state index in [1.807, 2.05) is 146 Å². The fourth-order valence-corrected chi connectivity index (χ4v) is 13.0. The molecule has 13 rings (SSSR count). The van der Waals surface area contributed by atoms with Gasteiger partial charge in [0.15, 0.2) is 34.9 Å². The molecule has 3 aliphatic rings. The van der Waals surface area contributed by atoms with E-state index in [0.29, 0.717) is 44.8 Å². The molecule has 7 heteroatoms. The summed E-state index contributed by atoms with van der Waals surface area (Å²) in [4.78, 5) is 2.10. The Hall–Kier alpha value is -8.94. The number of hydrogen-bond donors (Lipinski definition) is 0. The van der Waals surface area contributed by atoms with Crippen LogP contribution in [0.2, 0.25) is 0 Å². The van der Waals surface area contributed by atoms with E-state index in [0.717, 1.165) is 67.9 Å². The van der Waals surface area contributed by atoms with Crippen LogP contribution in [0.1, 0.15) is 80.6 Å². The lowest BCUT2D eigenvalue weighted by atomic mass is 9.67. The maximum Gasteiger partial charge on any atom is 0.194 e. The number of nitrogens with zero attached hydrogens (tertiary/aromatic N) is 1. The Bertz CT molecular complexity index is 3890. The van der Waals surface area contributed by atoms with Crippen molar-refractivity contribution in [1.29, 1.82) is 0 Å². The van der Waals surface area contributed by atoms with Crippen molar-refractivity contribution in [3.05, 3.63) is 315 Å². The van der Waals surface area contributed by atoms with Gasteiger partial charge >= 0.3 is 0 Å². The van der Waals surface area contributed by atoms with E-state index in [4.69, 9.17) is 0 Å². The molecule has 2 atom stereocenters. The molecule has 0 saturated heterocycles. The lowest BCUT2D eigenvalue weighted by Crippen LogP contribution is -2.31. The lowest BCUT2D eigenvalue weighted by molar-refractivity contribution is 0.435. The minimum absolute atomic E-state index is 0.0687. The van der Waals surface area contributed by atoms with Crippen LogP contribution >= 0.6 is 0 Å². The summed E-state index contributed by atoms with van der Waals surface area (Å²) in [5, 5.41) is 0. The summed E-state index contributed by atoms with van der Waals surface area (Å²) in [5.41, 5.74) is 11.5. The van der Waals surface area contributed by atoms with Crippen LogP contribution in [-0.4, -0.2) is 0 Å². The van der Waals surface area contributed by atoms with Gasteiger partial charge in [0.1, 0.15) is 0 Å². The van der Waals surface area contributed by atoms with Gasteiger partial charge in [0, 0.05) is 33.6 Å². The van der Waals surface area contributed by atoms with Crippen LogP contribution in [0, 0.1) is 34.9 Å². The molecule has 0 aromatic heterocycles. The third-order valence-corrected chi connectivity index (χ3v) is 16.4. The quantitative estimate of drug-likeness (QED) is 0.103. The molecule has 1 nitrogen and oxygen atoms in total. The summed E-state index contributed by atoms with van der Waals surface area (Å²) < 4.78 is 96.2. The SMILES string of the molecule is C=Cc1ccc(C2(c3ccc(F)c(F)c3F)c3ccccc3-c3ccc(N(c4ccc5c(c4)C(C)(C)c4ccccc4-5)c4ccc5c(c4)C(c4ccc(C=C)cc4)(c4ccc(F)c(F)c4F)c4ccccc4-5)cc32)cc1. The average Bonchev–Trinajstić information content (AvgIpc) is 4.04. The third-order valence-electron chi connectivity index (χ3n) is 16.4. The number of rotatable bonds is 9. The second-order valence-electron chi connectivity index (χ2n) is 20.4. The summed E-state index contributed by atoms with van der Waals surface area (Å²) in [7, 11) is 0. The van der Waals surface area contributed by atoms with Gasteiger partial charge in [-0.3, -0.25) is 0 Å². The van der Waals surface area contributed by atoms with Crippen LogP contribution in [0.15, 0.2) is 213 Å². The van der Waals surface area contributed by atoms with Gasteiger partial charge < -0.3 is 4.90 Å². The second-order valence-corrected chi connectivity index (χ2v) is 20.4. The smallest absolute Gasteiger partial charge is 0.194 e. The van der Waals surface area contributed by atoms with Gasteiger partial charge in [-0.05, 0) is 138 Å². The zero-order valence-electron chi connectivity index (χ0n) is 41.3. The van der Waals surface area contributed by atoms with Crippen LogP contribution in [0.3, 0.4) is 0 Å². The van der Waals surface area contributed by atoms with E-state index in [1.54, 1.807) is 12.2 Å². The minimum atomic E-state index is -1.58. The maximum absolute atomic E-state index is 17.1. The summed E-state index contributed by atoms with van der Waals surface area (Å²) in [6, 6.07) is 61.6. The first-order chi connectivity index (χ1) is 36.8. The van der Waals surface area contributed by atoms with Crippen LogP contribution in [-0.2, 0) is 16.2 Å². The molecule has 2 unspecified atom stereocenters. The molecule has 0 saturated carbocycles. The molecule has 0 fully saturated rings. The van der Waals surface area contributed by atoms with Crippen molar-refractivity contribution in [2.75, 3.05) is 4.90 Å². The van der Waals surface area contributed by atoms with Gasteiger partial charge in [0.25, 0.3) is 0 Å². The molecule has 0 aliphatic heterocycles. The predicted molar refractivity (Wildman–Crippen MR) is 293 cm³/mol. The van der Waals surface area contributed by atoms with Gasteiger partial charge in [-0.25, -0.2) is 26.3 Å². The predicted octanol–water partition coefficient (Wildman–Crippen LogP) is 18.3. The number of fused-ring (bicyclic) bond motifs is 9. The molecule has 0 amide bonds. The van der Waals surface area contributed by atoms with E-state index in [1.165, 1.54) is 17.7 Å². The Kier molecular flexibility index (Phi) is 10.5. The summed E-state index contributed by atoms with van der Waals surface area (Å²) in [5.74, 6) is -8.38. The van der Waals surface area contributed by atoms with Crippen molar-refractivity contribution in [3.8, 4) is 33.4 Å². The second kappa shape index (κ2) is 17.1. The monoisotopic (exact) mass is 1000 g/mol. The van der Waals surface area contributed by atoms with Gasteiger partial charge in [0.2, 0.25) is 0 Å². The zero-order chi connectivity index (χ0) is 52.4. The molecule has 368 valence electrons. The molecule has 76 heavy (non-hydrogen) atoms. The standard InChI is InChI=1S/C69H45F6N/c1-5-40-19-23-42(24-20-40)68(56-33-35-61(70)65(74)63(56)72)54-17-11-8-14-48(54)51-31-28-45(38-59(51)68)76(44-27-30-50-47-13-7-10-16-53(47)67(3,4)58(50)37-44)46-29-32-52-49-15-9-12-18-55(49)69(60(52)39-46,43-25-21-41(6-2)22-26-43)57-34-36-62(71)66(75)64(57)73/h5-39H,1-2H2,3-4H3. The highest BCUT2D eigenvalue weighted by Gasteiger charge is 2.51. The van der Waals surface area contributed by atoms with Gasteiger partial charge in [-0.1, -0.05) is 191 Å². The summed E-state index contributed by atoms with van der Waals surface area (Å²) in [6.07, 6.45) is 3.41. The highest BCUT2D eigenvalue weighted by Crippen LogP contribution is 2.61. The maximum atomic E-state index is 17.1. The van der Waals surface area contributed by atoms with Crippen molar-refractivity contribution in [3.63, 3.8) is 0 Å². The minimum Gasteiger partial charge on any atom is -0.310 e. The zero-order valence-corrected chi connectivity index (χ0v) is 41.3. The molecule has 0 heterocycles. The summed E-state index contributed by atoms with van der Waals surface area (Å²) >= 11 is 0. The highest BCUT2D eigenvalue weighted by molar-refractivity contribution is 5.93. The molecule has 10 aromatic rings. The average molecular weight is 1000 g/mol. The van der Waals surface area contributed by atoms with Crippen LogP contribution in [0.5, 0.6) is 0 Å². The molecule has 10 aromatic carbocycles. The lowest BCUT2D eigenvalue weighted by Gasteiger charge is -2.36. The molecular weight excluding hydrogens is 957 g/mol. The van der Waals surface area contributed by atoms with Crippen LogP contribution < -0.4 is 4.90 Å². The number of anilines is 3. The molecule has 0 bridgehead atoms. The van der Waals surface area contributed by atoms with Gasteiger partial charge in [0.05, 0.1) is 10.8 Å². The van der Waals surface area contributed by atoms with Crippen molar-refractivity contribution in [2.24, 2.45) is 0 Å². The van der Waals surface area contributed by atoms with E-state index in [-0.39, 0.29) is 11.1 Å². The van der Waals surface area contributed by atoms with E-state index in [2.05, 4.69) is 62.2 Å². The number of halogens is 6. The molecular formula is C69H45F6N. The van der Waals surface area contributed by atoms with Crippen LogP contribution in [0.4, 0.5) is 43.4 Å². The van der Waals surface area contributed by atoms with Crippen molar-refractivity contribution in [1.82, 2.24) is 0 Å². The van der Waals surface area contributed by atoms with E-state index < -0.39 is 51.1 Å². The summed E-state index contributed by atoms with van der Waals surface area (Å²) in [6.45, 7) is 12.3. The fraction of sp³-hybridized carbons (Fsp3) is 0.0725. The molecule has 0 N–H and O–H groups in total. The molecule has 0 radical (unpaired) electrons. The first kappa shape index (κ1) is 46.8. The Balaban J connectivity index is 1.13. The Morgan fingerprint density at radius 3 is 1.08 bits per heavy atom. The Morgan fingerprint density at radius 2 is 0.671 bits per heavy atom. The molecule has 0 spiro atoms. The fourth-order valence-electron chi connectivity index (χ4n) is 13.0. The van der Waals surface area contributed by atoms with Gasteiger partial charge in [-0.15, -0.1) is 0 Å². The Morgan fingerprint density at radius 1 is 0.329 bits per heavy atom. The number of hydrogen-bond acceptors (Lipinski definition) is 1. The van der Waals surface area contributed by atoms with Gasteiger partial charge in [-0.2, -0.15) is 0 Å². The third kappa shape index (κ3) is 6.35. The number of benzene rings is 10. The normalized spacial score (nSPS) is 17.0. The highest BCUT2D eigenvalue weighted by atomic mass is 19.2. The van der Waals surface area contributed by atoms with Crippen molar-refractivity contribution >= 4 is 29.2 Å². The largest absolute Gasteiger partial charge is 0.310 e. The first-order valence-corrected chi connectivity index (χ1v) is 25.1. The molecule has 3 aliphatic carbocycles. The van der Waals surface area contributed by atoms with Crippen molar-refractivity contribution < 1.29 is 26.3 Å². The van der Waals surface area contributed by atoms with Crippen molar-refractivity contribution in [2.45, 2.75) is 30.1 Å². The van der Waals surface area contributed by atoms with Crippen LogP contribution in [0.25, 0.3) is 45.5 Å². The van der Waals surface area contributed by atoms with E-state index in [9.17, 15) is 0 Å². The first-order valence-electron chi connectivity index (χ1n) is 25.1. The Labute approximate surface area is 437 Å². The topological polar surface area (TPSA) is 3.24 Å². The van der Waals surface area contributed by atoms with E-state index >= 15 is 26.3 Å².